The van der Waals surface area contributed by atoms with Crippen LogP contribution in [-0.4, -0.2) is 79.8 Å². The summed E-state index contributed by atoms with van der Waals surface area (Å²) in [7, 11) is 4.36. The predicted molar refractivity (Wildman–Crippen MR) is 95.3 cm³/mol. The summed E-state index contributed by atoms with van der Waals surface area (Å²) in [6.07, 6.45) is -3.28. The van der Waals surface area contributed by atoms with Crippen LogP contribution in [-0.2, 0) is 14.3 Å². The molecular formula is C18H25NO8. The van der Waals surface area contributed by atoms with Gasteiger partial charge in [-0.2, -0.15) is 0 Å². The second kappa shape index (κ2) is 9.67. The van der Waals surface area contributed by atoms with Crippen molar-refractivity contribution >= 4 is 12.0 Å². The minimum absolute atomic E-state index is 0.0695. The Morgan fingerprint density at radius 3 is 2.44 bits per heavy atom. The first-order valence-electron chi connectivity index (χ1n) is 8.31. The zero-order valence-electron chi connectivity index (χ0n) is 15.4. The van der Waals surface area contributed by atoms with E-state index in [0.717, 1.165) is 5.56 Å². The lowest BCUT2D eigenvalue weighted by Crippen LogP contribution is -2.60. The smallest absolute Gasteiger partial charge is 0.244 e. The van der Waals surface area contributed by atoms with E-state index in [9.17, 15) is 20.1 Å². The predicted octanol–water partition coefficient (Wildman–Crippen LogP) is -0.713. The average Bonchev–Trinajstić information content (AvgIpc) is 2.69. The minimum Gasteiger partial charge on any atom is -0.493 e. The maximum atomic E-state index is 12.0. The summed E-state index contributed by atoms with van der Waals surface area (Å²) in [4.78, 5) is 12.0. The molecule has 0 saturated carbocycles. The van der Waals surface area contributed by atoms with Crippen LogP contribution in [0.4, 0.5) is 0 Å². The van der Waals surface area contributed by atoms with Crippen LogP contribution in [0.3, 0.4) is 0 Å². The van der Waals surface area contributed by atoms with E-state index in [1.807, 2.05) is 0 Å². The number of ether oxygens (including phenoxy) is 4. The molecule has 2 rings (SSSR count). The lowest BCUT2D eigenvalue weighted by Gasteiger charge is -2.39. The number of carbonyl (C=O) groups is 1. The van der Waals surface area contributed by atoms with Crippen LogP contribution in [0.2, 0.25) is 0 Å². The van der Waals surface area contributed by atoms with Crippen molar-refractivity contribution in [1.82, 2.24) is 5.32 Å². The van der Waals surface area contributed by atoms with Gasteiger partial charge in [0, 0.05) is 19.7 Å². The van der Waals surface area contributed by atoms with Gasteiger partial charge in [0.05, 0.1) is 14.2 Å². The SMILES string of the molecule is COc1ccc(C=CC(=O)NCC2OC(OC)C(O)C(O)C2O)cc1OC. The normalized spacial score (nSPS) is 28.1. The van der Waals surface area contributed by atoms with E-state index in [2.05, 4.69) is 5.32 Å². The van der Waals surface area contributed by atoms with Gasteiger partial charge in [-0.15, -0.1) is 0 Å². The summed E-state index contributed by atoms with van der Waals surface area (Å²) in [5, 5.41) is 32.1. The van der Waals surface area contributed by atoms with Crippen LogP contribution in [0.1, 0.15) is 5.56 Å². The van der Waals surface area contributed by atoms with Crippen LogP contribution >= 0.6 is 0 Å². The number of nitrogens with one attached hydrogen (secondary N) is 1. The molecule has 5 unspecified atom stereocenters. The van der Waals surface area contributed by atoms with Crippen LogP contribution in [0.15, 0.2) is 24.3 Å². The fourth-order valence-corrected chi connectivity index (χ4v) is 2.67. The van der Waals surface area contributed by atoms with Crippen molar-refractivity contribution in [3.05, 3.63) is 29.8 Å². The number of hydrogen-bond donors (Lipinski definition) is 4. The summed E-state index contributed by atoms with van der Waals surface area (Å²) in [6, 6.07) is 5.21. The molecule has 1 aromatic carbocycles. The van der Waals surface area contributed by atoms with Gasteiger partial charge < -0.3 is 39.6 Å². The Morgan fingerprint density at radius 2 is 1.81 bits per heavy atom. The van der Waals surface area contributed by atoms with Crippen molar-refractivity contribution in [2.24, 2.45) is 0 Å². The monoisotopic (exact) mass is 383 g/mol. The lowest BCUT2D eigenvalue weighted by atomic mass is 9.99. The number of carbonyl (C=O) groups excluding carboxylic acids is 1. The number of aliphatic hydroxyl groups excluding tert-OH is 3. The molecule has 1 amide bonds. The molecule has 9 heteroatoms. The van der Waals surface area contributed by atoms with Crippen LogP contribution in [0, 0.1) is 0 Å². The fourth-order valence-electron chi connectivity index (χ4n) is 2.67. The van der Waals surface area contributed by atoms with E-state index in [0.29, 0.717) is 11.5 Å². The lowest BCUT2D eigenvalue weighted by molar-refractivity contribution is -0.288. The van der Waals surface area contributed by atoms with E-state index in [4.69, 9.17) is 18.9 Å². The second-order valence-electron chi connectivity index (χ2n) is 5.94. The quantitative estimate of drug-likeness (QED) is 0.455. The van der Waals surface area contributed by atoms with Crippen molar-refractivity contribution in [3.8, 4) is 11.5 Å². The molecule has 1 aliphatic heterocycles. The molecule has 150 valence electrons. The molecule has 1 aromatic rings. The van der Waals surface area contributed by atoms with E-state index in [1.54, 1.807) is 24.3 Å². The summed E-state index contributed by atoms with van der Waals surface area (Å²) < 4.78 is 20.6. The molecule has 9 nitrogen and oxygen atoms in total. The van der Waals surface area contributed by atoms with Gasteiger partial charge >= 0.3 is 0 Å². The molecule has 0 aliphatic carbocycles. The van der Waals surface area contributed by atoms with Crippen molar-refractivity contribution in [3.63, 3.8) is 0 Å². The Hall–Kier alpha value is -2.17. The molecule has 5 atom stereocenters. The van der Waals surface area contributed by atoms with Gasteiger partial charge in [-0.3, -0.25) is 4.79 Å². The van der Waals surface area contributed by atoms with Crippen molar-refractivity contribution in [2.45, 2.75) is 30.7 Å². The number of hydrogen-bond acceptors (Lipinski definition) is 8. The molecule has 0 bridgehead atoms. The molecule has 0 aromatic heterocycles. The third-order valence-electron chi connectivity index (χ3n) is 4.21. The van der Waals surface area contributed by atoms with Crippen molar-refractivity contribution < 1.29 is 39.1 Å². The van der Waals surface area contributed by atoms with Crippen LogP contribution < -0.4 is 14.8 Å². The molecule has 27 heavy (non-hydrogen) atoms. The first-order valence-corrected chi connectivity index (χ1v) is 8.31. The van der Waals surface area contributed by atoms with Gasteiger partial charge in [0.15, 0.2) is 17.8 Å². The molecule has 1 saturated heterocycles. The molecule has 1 fully saturated rings. The number of benzene rings is 1. The van der Waals surface area contributed by atoms with Crippen LogP contribution in [0.5, 0.6) is 11.5 Å². The van der Waals surface area contributed by atoms with E-state index < -0.39 is 36.6 Å². The Kier molecular flexibility index (Phi) is 7.57. The molecule has 0 radical (unpaired) electrons. The molecular weight excluding hydrogens is 358 g/mol. The van der Waals surface area contributed by atoms with Crippen LogP contribution in [0.25, 0.3) is 6.08 Å². The largest absolute Gasteiger partial charge is 0.493 e. The highest BCUT2D eigenvalue weighted by Crippen LogP contribution is 2.28. The van der Waals surface area contributed by atoms with Gasteiger partial charge in [0.1, 0.15) is 24.4 Å². The Labute approximate surface area is 157 Å². The van der Waals surface area contributed by atoms with Gasteiger partial charge in [-0.05, 0) is 23.8 Å². The number of rotatable bonds is 7. The summed E-state index contributed by atoms with van der Waals surface area (Å²) >= 11 is 0. The van der Waals surface area contributed by atoms with Gasteiger partial charge in [-0.1, -0.05) is 6.07 Å². The minimum atomic E-state index is -1.44. The van der Waals surface area contributed by atoms with Gasteiger partial charge in [0.25, 0.3) is 0 Å². The summed E-state index contributed by atoms with van der Waals surface area (Å²) in [5.74, 6) is 0.697. The van der Waals surface area contributed by atoms with Gasteiger partial charge in [0.2, 0.25) is 5.91 Å². The average molecular weight is 383 g/mol. The number of methoxy groups -OCH3 is 3. The topological polar surface area (TPSA) is 127 Å². The van der Waals surface area contributed by atoms with Crippen molar-refractivity contribution in [2.75, 3.05) is 27.9 Å². The number of aliphatic hydroxyl groups is 3. The summed E-state index contributed by atoms with van der Waals surface area (Å²) in [5.41, 5.74) is 0.731. The first-order chi connectivity index (χ1) is 12.9. The standard InChI is InChI=1S/C18H25NO8/c1-24-11-6-4-10(8-12(11)25-2)5-7-14(20)19-9-13-15(21)16(22)17(23)18(26-3)27-13/h4-8,13,15-18,21-23H,9H2,1-3H3,(H,19,20). The Morgan fingerprint density at radius 1 is 1.11 bits per heavy atom. The maximum Gasteiger partial charge on any atom is 0.244 e. The third-order valence-corrected chi connectivity index (χ3v) is 4.21. The maximum absolute atomic E-state index is 12.0. The molecule has 1 heterocycles. The highest BCUT2D eigenvalue weighted by molar-refractivity contribution is 5.91. The Bertz CT molecular complexity index is 663. The second-order valence-corrected chi connectivity index (χ2v) is 5.94. The zero-order valence-corrected chi connectivity index (χ0v) is 15.4. The van der Waals surface area contributed by atoms with E-state index in [-0.39, 0.29) is 6.54 Å². The zero-order chi connectivity index (χ0) is 20.0. The highest BCUT2D eigenvalue weighted by atomic mass is 16.7. The van der Waals surface area contributed by atoms with E-state index >= 15 is 0 Å². The summed E-state index contributed by atoms with van der Waals surface area (Å²) in [6.45, 7) is -0.0695. The van der Waals surface area contributed by atoms with E-state index in [1.165, 1.54) is 27.4 Å². The molecule has 4 N–H and O–H groups in total. The Balaban J connectivity index is 1.93. The highest BCUT2D eigenvalue weighted by Gasteiger charge is 2.43. The molecule has 0 spiro atoms. The van der Waals surface area contributed by atoms with Gasteiger partial charge in [-0.25, -0.2) is 0 Å². The fraction of sp³-hybridized carbons (Fsp3) is 0.500. The third kappa shape index (κ3) is 5.18. The van der Waals surface area contributed by atoms with Crippen molar-refractivity contribution in [1.29, 1.82) is 0 Å². The first kappa shape index (κ1) is 21.1. The number of amides is 1. The molecule has 1 aliphatic rings.